The topological polar surface area (TPSA) is 38.1 Å². The van der Waals surface area contributed by atoms with Gasteiger partial charge in [0.2, 0.25) is 0 Å². The van der Waals surface area contributed by atoms with Crippen LogP contribution in [0.25, 0.3) is 0 Å². The third kappa shape index (κ3) is 3.32. The minimum Gasteiger partial charge on any atom is -0.396 e. The van der Waals surface area contributed by atoms with Crippen LogP contribution in [0, 0.1) is 0 Å². The number of nitrogens with zero attached hydrogens (tertiary/aromatic N) is 2. The van der Waals surface area contributed by atoms with E-state index in [1.165, 1.54) is 0 Å². The van der Waals surface area contributed by atoms with Crippen LogP contribution in [0.3, 0.4) is 0 Å². The van der Waals surface area contributed by atoms with E-state index in [1.807, 2.05) is 41.3 Å². The van der Waals surface area contributed by atoms with E-state index < -0.39 is 0 Å². The van der Waals surface area contributed by atoms with Crippen molar-refractivity contribution in [2.24, 2.45) is 0 Å². The van der Waals surface area contributed by atoms with Gasteiger partial charge >= 0.3 is 0 Å². The summed E-state index contributed by atoms with van der Waals surface area (Å²) in [5.41, 5.74) is 2.21. The van der Waals surface area contributed by atoms with Crippen LogP contribution >= 0.6 is 11.6 Å². The summed E-state index contributed by atoms with van der Waals surface area (Å²) < 4.78 is 1.87. The smallest absolute Gasteiger partial charge is 0.0673 e. The normalized spacial score (nSPS) is 10.7. The lowest BCUT2D eigenvalue weighted by atomic mass is 10.2. The molecule has 0 saturated carbocycles. The average molecular weight is 251 g/mol. The van der Waals surface area contributed by atoms with Gasteiger partial charge in [-0.1, -0.05) is 29.8 Å². The van der Waals surface area contributed by atoms with Crippen LogP contribution in [0.4, 0.5) is 0 Å². The molecule has 0 saturated heterocycles. The van der Waals surface area contributed by atoms with Crippen molar-refractivity contribution in [2.75, 3.05) is 6.61 Å². The Morgan fingerprint density at radius 1 is 1.29 bits per heavy atom. The Balaban J connectivity index is 2.04. The molecule has 0 atom stereocenters. The quantitative estimate of drug-likeness (QED) is 0.886. The number of benzene rings is 1. The summed E-state index contributed by atoms with van der Waals surface area (Å²) in [4.78, 5) is 0. The molecule has 2 rings (SSSR count). The van der Waals surface area contributed by atoms with E-state index in [9.17, 15) is 0 Å². The van der Waals surface area contributed by atoms with E-state index in [2.05, 4.69) is 5.10 Å². The number of rotatable bonds is 5. The summed E-state index contributed by atoms with van der Waals surface area (Å²) in [5.74, 6) is 0. The van der Waals surface area contributed by atoms with Gasteiger partial charge in [-0.3, -0.25) is 4.68 Å². The molecule has 1 aromatic carbocycles. The fraction of sp³-hybridized carbons (Fsp3) is 0.308. The summed E-state index contributed by atoms with van der Waals surface area (Å²) in [6.45, 7) is 0.897. The number of aliphatic hydroxyl groups is 1. The van der Waals surface area contributed by atoms with E-state index in [0.29, 0.717) is 6.54 Å². The van der Waals surface area contributed by atoms with E-state index in [4.69, 9.17) is 16.7 Å². The summed E-state index contributed by atoms with van der Waals surface area (Å²) in [5, 5.41) is 13.8. The summed E-state index contributed by atoms with van der Waals surface area (Å²) in [6.07, 6.45) is 5.47. The molecule has 0 aliphatic rings. The van der Waals surface area contributed by atoms with Crippen LogP contribution in [-0.4, -0.2) is 21.5 Å². The first kappa shape index (κ1) is 12.1. The van der Waals surface area contributed by atoms with E-state index in [-0.39, 0.29) is 6.61 Å². The highest BCUT2D eigenvalue weighted by atomic mass is 35.5. The van der Waals surface area contributed by atoms with Crippen molar-refractivity contribution < 1.29 is 5.11 Å². The summed E-state index contributed by atoms with van der Waals surface area (Å²) in [7, 11) is 0. The van der Waals surface area contributed by atoms with Crippen molar-refractivity contribution in [1.82, 2.24) is 9.78 Å². The lowest BCUT2D eigenvalue weighted by Gasteiger charge is -2.03. The molecule has 90 valence electrons. The minimum absolute atomic E-state index is 0.218. The minimum atomic E-state index is 0.218. The molecule has 0 aliphatic heterocycles. The number of hydrogen-bond donors (Lipinski definition) is 1. The van der Waals surface area contributed by atoms with Gasteiger partial charge in [-0.15, -0.1) is 0 Å². The predicted octanol–water partition coefficient (Wildman–Crippen LogP) is 2.51. The Kier molecular flexibility index (Phi) is 4.18. The summed E-state index contributed by atoms with van der Waals surface area (Å²) in [6, 6.07) is 7.77. The van der Waals surface area contributed by atoms with Gasteiger partial charge in [0.25, 0.3) is 0 Å². The molecule has 0 spiro atoms. The Labute approximate surface area is 106 Å². The van der Waals surface area contributed by atoms with Crippen LogP contribution in [0.2, 0.25) is 5.02 Å². The van der Waals surface area contributed by atoms with Gasteiger partial charge in [0.15, 0.2) is 0 Å². The molecule has 3 nitrogen and oxygen atoms in total. The monoisotopic (exact) mass is 250 g/mol. The fourth-order valence-corrected chi connectivity index (χ4v) is 1.90. The van der Waals surface area contributed by atoms with Crippen molar-refractivity contribution in [3.05, 3.63) is 52.8 Å². The van der Waals surface area contributed by atoms with Crippen LogP contribution in [0.1, 0.15) is 17.5 Å². The Morgan fingerprint density at radius 2 is 2.12 bits per heavy atom. The van der Waals surface area contributed by atoms with Gasteiger partial charge in [-0.05, 0) is 30.0 Å². The van der Waals surface area contributed by atoms with Gasteiger partial charge < -0.3 is 5.11 Å². The molecular formula is C13H15ClN2O. The highest BCUT2D eigenvalue weighted by Gasteiger charge is 2.02. The van der Waals surface area contributed by atoms with Gasteiger partial charge in [-0.2, -0.15) is 5.10 Å². The largest absolute Gasteiger partial charge is 0.396 e. The van der Waals surface area contributed by atoms with Crippen LogP contribution < -0.4 is 0 Å². The number of aryl methyl sites for hydroxylation is 1. The number of halogens is 1. The van der Waals surface area contributed by atoms with Crippen molar-refractivity contribution in [1.29, 1.82) is 0 Å². The first-order valence-corrected chi connectivity index (χ1v) is 6.03. The lowest BCUT2D eigenvalue weighted by Crippen LogP contribution is -2.00. The third-order valence-corrected chi connectivity index (χ3v) is 2.97. The molecule has 17 heavy (non-hydrogen) atoms. The molecule has 0 amide bonds. The SMILES string of the molecule is OCCCc1cnn(Cc2ccccc2Cl)c1. The average Bonchev–Trinajstić information content (AvgIpc) is 2.77. The zero-order chi connectivity index (χ0) is 12.1. The molecule has 1 aromatic heterocycles. The zero-order valence-electron chi connectivity index (χ0n) is 9.51. The maximum atomic E-state index is 8.76. The molecule has 1 N–H and O–H groups in total. The molecule has 0 bridgehead atoms. The van der Waals surface area contributed by atoms with Gasteiger partial charge in [0.1, 0.15) is 0 Å². The maximum Gasteiger partial charge on any atom is 0.0673 e. The molecule has 0 unspecified atom stereocenters. The van der Waals surface area contributed by atoms with E-state index in [0.717, 1.165) is 29.0 Å². The zero-order valence-corrected chi connectivity index (χ0v) is 10.3. The predicted molar refractivity (Wildman–Crippen MR) is 68.2 cm³/mol. The second-order valence-corrected chi connectivity index (χ2v) is 4.37. The Morgan fingerprint density at radius 3 is 2.88 bits per heavy atom. The molecule has 0 fully saturated rings. The van der Waals surface area contributed by atoms with E-state index in [1.54, 1.807) is 0 Å². The van der Waals surface area contributed by atoms with Gasteiger partial charge in [-0.25, -0.2) is 0 Å². The van der Waals surface area contributed by atoms with Crippen LogP contribution in [0.5, 0.6) is 0 Å². The maximum absolute atomic E-state index is 8.76. The molecule has 0 aliphatic carbocycles. The second-order valence-electron chi connectivity index (χ2n) is 3.96. The summed E-state index contributed by atoms with van der Waals surface area (Å²) >= 11 is 6.09. The van der Waals surface area contributed by atoms with Crippen molar-refractivity contribution in [3.63, 3.8) is 0 Å². The molecule has 2 aromatic rings. The number of aromatic nitrogens is 2. The third-order valence-electron chi connectivity index (χ3n) is 2.60. The fourth-order valence-electron chi connectivity index (χ4n) is 1.71. The first-order chi connectivity index (χ1) is 8.29. The van der Waals surface area contributed by atoms with Gasteiger partial charge in [0, 0.05) is 17.8 Å². The molecule has 0 radical (unpaired) electrons. The molecule has 4 heteroatoms. The van der Waals surface area contributed by atoms with Crippen molar-refractivity contribution in [3.8, 4) is 0 Å². The first-order valence-electron chi connectivity index (χ1n) is 5.65. The second kappa shape index (κ2) is 5.84. The van der Waals surface area contributed by atoms with Crippen LogP contribution in [-0.2, 0) is 13.0 Å². The highest BCUT2D eigenvalue weighted by Crippen LogP contribution is 2.16. The van der Waals surface area contributed by atoms with Crippen molar-refractivity contribution >= 4 is 11.6 Å². The van der Waals surface area contributed by atoms with E-state index >= 15 is 0 Å². The van der Waals surface area contributed by atoms with Crippen LogP contribution in [0.15, 0.2) is 36.7 Å². The van der Waals surface area contributed by atoms with Gasteiger partial charge in [0.05, 0.1) is 12.7 Å². The number of hydrogen-bond acceptors (Lipinski definition) is 2. The molecule has 1 heterocycles. The molecular weight excluding hydrogens is 236 g/mol. The Hall–Kier alpha value is -1.32. The number of aliphatic hydroxyl groups excluding tert-OH is 1. The van der Waals surface area contributed by atoms with Crippen molar-refractivity contribution in [2.45, 2.75) is 19.4 Å². The lowest BCUT2D eigenvalue weighted by molar-refractivity contribution is 0.288. The highest BCUT2D eigenvalue weighted by molar-refractivity contribution is 6.31. The standard InChI is InChI=1S/C13H15ClN2O/c14-13-6-2-1-5-12(13)10-16-9-11(8-15-16)4-3-7-17/h1-2,5-6,8-9,17H,3-4,7,10H2. The Bertz CT molecular complexity index is 482.